The van der Waals surface area contributed by atoms with Crippen LogP contribution in [0.25, 0.3) is 0 Å². The lowest BCUT2D eigenvalue weighted by Gasteiger charge is -2.23. The van der Waals surface area contributed by atoms with E-state index in [4.69, 9.17) is 12.8 Å². The van der Waals surface area contributed by atoms with Gasteiger partial charge in [0, 0.05) is 0 Å². The molecule has 0 unspecified atom stereocenters. The number of terminal acetylenes is 2. The van der Waals surface area contributed by atoms with Crippen LogP contribution in [0.1, 0.15) is 0 Å². The van der Waals surface area contributed by atoms with Gasteiger partial charge in [0.05, 0.1) is 0 Å². The Morgan fingerprint density at radius 2 is 1.38 bits per heavy atom. The summed E-state index contributed by atoms with van der Waals surface area (Å²) >= 11 is 0. The number of hydrogen-bond donors (Lipinski definition) is 0. The second-order valence-electron chi connectivity index (χ2n) is 2.20. The third kappa shape index (κ3) is 0.863. The van der Waals surface area contributed by atoms with E-state index in [1.165, 1.54) is 11.3 Å². The molecule has 0 atom stereocenters. The van der Waals surface area contributed by atoms with Gasteiger partial charge >= 0.3 is 0 Å². The quantitative estimate of drug-likeness (QED) is 0.322. The summed E-state index contributed by atoms with van der Waals surface area (Å²) in [6, 6.07) is 0. The van der Waals surface area contributed by atoms with E-state index in [0.29, 0.717) is 0 Å². The number of hydrogen-bond acceptors (Lipinski definition) is 0. The average molecular weight is 136 g/mol. The van der Waals surface area contributed by atoms with Gasteiger partial charge in [-0.15, -0.1) is 23.9 Å². The first-order chi connectivity index (χ1) is 3.86. The van der Waals surface area contributed by atoms with E-state index in [1.54, 1.807) is 0 Å². The van der Waals surface area contributed by atoms with E-state index in [1.807, 2.05) is 0 Å². The Morgan fingerprint density at radius 1 is 1.00 bits per heavy atom. The van der Waals surface area contributed by atoms with Crippen molar-refractivity contribution in [3.05, 3.63) is 0 Å². The molecule has 0 N–H and O–H groups in total. The second kappa shape index (κ2) is 2.21. The molecule has 0 amide bonds. The Labute approximate surface area is 53.5 Å². The van der Waals surface area contributed by atoms with Crippen molar-refractivity contribution >= 4 is 17.6 Å². The maximum Gasteiger partial charge on any atom is 0.118 e. The molecule has 0 aromatic carbocycles. The van der Waals surface area contributed by atoms with Gasteiger partial charge in [0.25, 0.3) is 0 Å². The molecule has 0 saturated carbocycles. The van der Waals surface area contributed by atoms with E-state index in [2.05, 4.69) is 11.1 Å². The first kappa shape index (κ1) is 5.69. The van der Waals surface area contributed by atoms with Crippen molar-refractivity contribution in [3.8, 4) is 23.9 Å². The summed E-state index contributed by atoms with van der Waals surface area (Å²) in [6.45, 7) is 0. The highest BCUT2D eigenvalue weighted by Gasteiger charge is 2.28. The fraction of sp³-hybridized carbons (Fsp3) is 0.333. The van der Waals surface area contributed by atoms with E-state index >= 15 is 0 Å². The van der Waals surface area contributed by atoms with Gasteiger partial charge in [-0.1, -0.05) is 0 Å². The van der Waals surface area contributed by atoms with Crippen molar-refractivity contribution in [1.82, 2.24) is 0 Å². The summed E-state index contributed by atoms with van der Waals surface area (Å²) in [4.78, 5) is 0. The second-order valence-corrected chi connectivity index (χ2v) is 9.42. The molecular weight excluding hydrogens is 128 g/mol. The highest BCUT2D eigenvalue weighted by Crippen LogP contribution is 2.17. The standard InChI is InChI=1S/C6H8Si2/c1-3-7-5-8(4-2)6-7/h1-2,7-8H,5-6H2. The summed E-state index contributed by atoms with van der Waals surface area (Å²) in [5, 5.41) is 0. The maximum absolute atomic E-state index is 5.22. The molecular formula is C6H8Si2. The highest BCUT2D eigenvalue weighted by atomic mass is 28.4. The summed E-state index contributed by atoms with van der Waals surface area (Å²) in [7, 11) is -1.22. The molecule has 1 rings (SSSR count). The van der Waals surface area contributed by atoms with Crippen LogP contribution in [0.3, 0.4) is 0 Å². The van der Waals surface area contributed by atoms with Crippen molar-refractivity contribution < 1.29 is 0 Å². The van der Waals surface area contributed by atoms with Crippen LogP contribution < -0.4 is 0 Å². The van der Waals surface area contributed by atoms with Crippen molar-refractivity contribution in [3.63, 3.8) is 0 Å². The molecule has 0 aromatic rings. The largest absolute Gasteiger partial charge is 0.139 e. The molecule has 40 valence electrons. The van der Waals surface area contributed by atoms with Crippen LogP contribution in [-0.4, -0.2) is 17.6 Å². The van der Waals surface area contributed by atoms with Crippen molar-refractivity contribution in [2.24, 2.45) is 0 Å². The van der Waals surface area contributed by atoms with Crippen LogP contribution in [0, 0.1) is 23.9 Å². The van der Waals surface area contributed by atoms with Crippen LogP contribution in [0.5, 0.6) is 0 Å². The smallest absolute Gasteiger partial charge is 0.118 e. The minimum atomic E-state index is -0.608. The molecule has 1 heterocycles. The minimum Gasteiger partial charge on any atom is -0.139 e. The van der Waals surface area contributed by atoms with E-state index in [9.17, 15) is 0 Å². The van der Waals surface area contributed by atoms with Crippen molar-refractivity contribution in [2.75, 3.05) is 0 Å². The molecule has 8 heavy (non-hydrogen) atoms. The van der Waals surface area contributed by atoms with Crippen LogP contribution in [0.2, 0.25) is 11.3 Å². The zero-order valence-corrected chi connectivity index (χ0v) is 7.03. The average Bonchev–Trinajstić information content (AvgIpc) is 1.65. The SMILES string of the molecule is C#C[SiH]1C[SiH](C#C)C1. The third-order valence-electron chi connectivity index (χ3n) is 1.61. The first-order valence-corrected chi connectivity index (χ1v) is 7.21. The van der Waals surface area contributed by atoms with Gasteiger partial charge in [-0.2, -0.15) is 0 Å². The minimum absolute atomic E-state index is 0.608. The first-order valence-electron chi connectivity index (χ1n) is 2.79. The zero-order valence-electron chi connectivity index (χ0n) is 4.72. The summed E-state index contributed by atoms with van der Waals surface area (Å²) in [5.41, 5.74) is 8.34. The van der Waals surface area contributed by atoms with Crippen LogP contribution in [0.15, 0.2) is 0 Å². The van der Waals surface area contributed by atoms with Gasteiger partial charge in [0.2, 0.25) is 0 Å². The lowest BCUT2D eigenvalue weighted by Crippen LogP contribution is -2.37. The highest BCUT2D eigenvalue weighted by molar-refractivity contribution is 7.01. The van der Waals surface area contributed by atoms with E-state index < -0.39 is 17.6 Å². The maximum atomic E-state index is 5.22. The third-order valence-corrected chi connectivity index (χ3v) is 11.7. The molecule has 0 spiro atoms. The fourth-order valence-corrected chi connectivity index (χ4v) is 8.01. The van der Waals surface area contributed by atoms with Gasteiger partial charge < -0.3 is 0 Å². The Morgan fingerprint density at radius 3 is 1.62 bits per heavy atom. The van der Waals surface area contributed by atoms with Crippen molar-refractivity contribution in [1.29, 1.82) is 0 Å². The van der Waals surface area contributed by atoms with E-state index in [0.717, 1.165) is 0 Å². The molecule has 0 aromatic heterocycles. The summed E-state index contributed by atoms with van der Waals surface area (Å²) in [5.74, 6) is 0. The molecule has 1 saturated heterocycles. The Hall–Kier alpha value is -0.446. The molecule has 1 aliphatic heterocycles. The van der Waals surface area contributed by atoms with Crippen molar-refractivity contribution in [2.45, 2.75) is 11.3 Å². The zero-order chi connectivity index (χ0) is 5.98. The molecule has 0 nitrogen and oxygen atoms in total. The molecule has 0 aliphatic carbocycles. The summed E-state index contributed by atoms with van der Waals surface area (Å²) in [6.07, 6.45) is 10.4. The molecule has 1 aliphatic rings. The predicted octanol–water partition coefficient (Wildman–Crippen LogP) is -0.123. The van der Waals surface area contributed by atoms with Crippen LogP contribution >= 0.6 is 0 Å². The van der Waals surface area contributed by atoms with Gasteiger partial charge in [0.15, 0.2) is 0 Å². The topological polar surface area (TPSA) is 0 Å². The monoisotopic (exact) mass is 136 g/mol. The van der Waals surface area contributed by atoms with Gasteiger partial charge in [0.1, 0.15) is 17.6 Å². The van der Waals surface area contributed by atoms with Crippen LogP contribution in [-0.2, 0) is 0 Å². The lowest BCUT2D eigenvalue weighted by molar-refractivity contribution is 1.61. The number of rotatable bonds is 0. The lowest BCUT2D eigenvalue weighted by atomic mass is 11.4. The van der Waals surface area contributed by atoms with E-state index in [-0.39, 0.29) is 0 Å². The molecule has 0 bridgehead atoms. The van der Waals surface area contributed by atoms with Gasteiger partial charge in [-0.3, -0.25) is 0 Å². The molecule has 2 heteroatoms. The molecule has 0 radical (unpaired) electrons. The Bertz CT molecular complexity index is 136. The fourth-order valence-electron chi connectivity index (χ4n) is 0.890. The normalized spacial score (nSPS) is 34.2. The van der Waals surface area contributed by atoms with Crippen LogP contribution in [0.4, 0.5) is 0 Å². The van der Waals surface area contributed by atoms with Gasteiger partial charge in [-0.05, 0) is 11.3 Å². The van der Waals surface area contributed by atoms with Gasteiger partial charge in [-0.25, -0.2) is 0 Å². The summed E-state index contributed by atoms with van der Waals surface area (Å²) < 4.78 is 0. The Kier molecular flexibility index (Phi) is 1.57. The molecule has 1 fully saturated rings. The Balaban J connectivity index is 2.27. The predicted molar refractivity (Wildman–Crippen MR) is 41.6 cm³/mol.